The summed E-state index contributed by atoms with van der Waals surface area (Å²) < 4.78 is 27.8. The zero-order valence-corrected chi connectivity index (χ0v) is 12.8. The normalized spacial score (nSPS) is 11.7. The third-order valence-corrected chi connectivity index (χ3v) is 5.33. The van der Waals surface area contributed by atoms with E-state index < -0.39 is 10.0 Å². The van der Waals surface area contributed by atoms with E-state index in [4.69, 9.17) is 0 Å². The van der Waals surface area contributed by atoms with E-state index >= 15 is 0 Å². The summed E-state index contributed by atoms with van der Waals surface area (Å²) in [6.07, 6.45) is 3.31. The number of nitrogens with one attached hydrogen (secondary N) is 1. The second-order valence-corrected chi connectivity index (χ2v) is 7.25. The molecule has 6 nitrogen and oxygen atoms in total. The van der Waals surface area contributed by atoms with Crippen molar-refractivity contribution in [2.45, 2.75) is 18.2 Å². The molecular weight excluding hydrogens is 298 g/mol. The summed E-state index contributed by atoms with van der Waals surface area (Å²) in [5.41, 5.74) is 0. The maximum absolute atomic E-state index is 11.9. The first kappa shape index (κ1) is 14.9. The molecule has 0 saturated carbocycles. The molecule has 0 saturated heterocycles. The van der Waals surface area contributed by atoms with E-state index in [1.54, 1.807) is 13.1 Å². The van der Waals surface area contributed by atoms with Gasteiger partial charge in [0.15, 0.2) is 5.78 Å². The third kappa shape index (κ3) is 3.53. The van der Waals surface area contributed by atoms with Gasteiger partial charge >= 0.3 is 0 Å². The van der Waals surface area contributed by atoms with E-state index in [0.29, 0.717) is 11.3 Å². The molecule has 0 aliphatic heterocycles. The quantitative estimate of drug-likeness (QED) is 0.813. The number of thiophene rings is 1. The Morgan fingerprint density at radius 3 is 2.75 bits per heavy atom. The summed E-state index contributed by atoms with van der Waals surface area (Å²) in [6.45, 7) is 1.80. The van der Waals surface area contributed by atoms with Crippen molar-refractivity contribution in [3.8, 4) is 0 Å². The Hall–Kier alpha value is -1.51. The molecule has 1 N–H and O–H groups in total. The number of hydrogen-bond acceptors (Lipinski definition) is 5. The van der Waals surface area contributed by atoms with Crippen molar-refractivity contribution in [3.05, 3.63) is 34.3 Å². The molecule has 2 aromatic rings. The molecule has 0 fully saturated rings. The maximum Gasteiger partial charge on any atom is 0.243 e. The van der Waals surface area contributed by atoms with E-state index in [1.165, 1.54) is 35.3 Å². The van der Waals surface area contributed by atoms with Crippen LogP contribution in [0, 0.1) is 0 Å². The maximum atomic E-state index is 11.9. The largest absolute Gasteiger partial charge is 0.294 e. The number of aryl methyl sites for hydroxylation is 1. The van der Waals surface area contributed by atoms with Crippen LogP contribution in [0.25, 0.3) is 0 Å². The molecule has 108 valence electrons. The molecule has 2 rings (SSSR count). The van der Waals surface area contributed by atoms with Crippen molar-refractivity contribution in [1.29, 1.82) is 0 Å². The zero-order valence-electron chi connectivity index (χ0n) is 11.2. The van der Waals surface area contributed by atoms with Crippen LogP contribution in [0.5, 0.6) is 0 Å². The molecule has 2 heterocycles. The molecule has 0 aromatic carbocycles. The molecule has 0 spiro atoms. The van der Waals surface area contributed by atoms with Gasteiger partial charge in [0.05, 0.1) is 11.1 Å². The first-order chi connectivity index (χ1) is 9.38. The molecule has 8 heteroatoms. The number of ketones is 1. The zero-order chi connectivity index (χ0) is 14.8. The summed E-state index contributed by atoms with van der Waals surface area (Å²) in [4.78, 5) is 13.0. The Morgan fingerprint density at radius 1 is 1.45 bits per heavy atom. The molecule has 0 radical (unpaired) electrons. The topological polar surface area (TPSA) is 81.1 Å². The Balaban J connectivity index is 1.93. The average molecular weight is 313 g/mol. The molecule has 0 aliphatic carbocycles. The lowest BCUT2D eigenvalue weighted by molar-refractivity contribution is 0.102. The molecule has 0 unspecified atom stereocenters. The molecule has 0 atom stereocenters. The van der Waals surface area contributed by atoms with E-state index in [2.05, 4.69) is 9.82 Å². The number of nitrogens with zero attached hydrogens (tertiary/aromatic N) is 2. The summed E-state index contributed by atoms with van der Waals surface area (Å²) in [6, 6.07) is 3.61. The van der Waals surface area contributed by atoms with Gasteiger partial charge in [0.2, 0.25) is 10.0 Å². The van der Waals surface area contributed by atoms with Crippen LogP contribution in [0.1, 0.15) is 21.5 Å². The van der Waals surface area contributed by atoms with Crippen LogP contribution in [-0.4, -0.2) is 30.5 Å². The SMILES string of the molecule is CC(=O)c1ccc(CCNS(=O)(=O)c2cnn(C)c2)s1. The van der Waals surface area contributed by atoms with Crippen molar-refractivity contribution < 1.29 is 13.2 Å². The first-order valence-corrected chi connectivity index (χ1v) is 8.26. The number of carbonyl (C=O) groups excluding carboxylic acids is 1. The molecule has 2 aromatic heterocycles. The van der Waals surface area contributed by atoms with Gasteiger partial charge in [0, 0.05) is 24.7 Å². The van der Waals surface area contributed by atoms with Crippen LogP contribution in [0.3, 0.4) is 0 Å². The van der Waals surface area contributed by atoms with Crippen LogP contribution < -0.4 is 4.72 Å². The van der Waals surface area contributed by atoms with Crippen molar-refractivity contribution >= 4 is 27.1 Å². The Labute approximate surface area is 121 Å². The van der Waals surface area contributed by atoms with Crippen molar-refractivity contribution in [2.75, 3.05) is 6.54 Å². The molecule has 0 bridgehead atoms. The molecule has 0 aliphatic rings. The van der Waals surface area contributed by atoms with Crippen LogP contribution in [0.2, 0.25) is 0 Å². The van der Waals surface area contributed by atoms with E-state index in [1.807, 2.05) is 6.07 Å². The lowest BCUT2D eigenvalue weighted by Crippen LogP contribution is -2.25. The van der Waals surface area contributed by atoms with Gasteiger partial charge in [-0.05, 0) is 25.5 Å². The Morgan fingerprint density at radius 2 is 2.20 bits per heavy atom. The van der Waals surface area contributed by atoms with E-state index in [-0.39, 0.29) is 17.2 Å². The van der Waals surface area contributed by atoms with Gasteiger partial charge in [0.1, 0.15) is 4.90 Å². The highest BCUT2D eigenvalue weighted by Gasteiger charge is 2.15. The first-order valence-electron chi connectivity index (χ1n) is 5.96. The van der Waals surface area contributed by atoms with E-state index in [0.717, 1.165) is 4.88 Å². The molecular formula is C12H15N3O3S2. The Kier molecular flexibility index (Phi) is 4.36. The van der Waals surface area contributed by atoms with Crippen LogP contribution >= 0.6 is 11.3 Å². The summed E-state index contributed by atoms with van der Waals surface area (Å²) in [5, 5.41) is 3.83. The minimum Gasteiger partial charge on any atom is -0.294 e. The predicted octanol–water partition coefficient (Wildman–Crippen LogP) is 1.21. The lowest BCUT2D eigenvalue weighted by atomic mass is 10.3. The van der Waals surface area contributed by atoms with Crippen molar-refractivity contribution in [1.82, 2.24) is 14.5 Å². The standard InChI is InChI=1S/C12H15N3O3S2/c1-9(16)12-4-3-10(19-12)5-6-14-20(17,18)11-7-13-15(2)8-11/h3-4,7-8,14H,5-6H2,1-2H3. The lowest BCUT2D eigenvalue weighted by Gasteiger charge is -2.03. The summed E-state index contributed by atoms with van der Waals surface area (Å²) in [7, 11) is -1.85. The third-order valence-electron chi connectivity index (χ3n) is 2.66. The van der Waals surface area contributed by atoms with Gasteiger partial charge in [-0.1, -0.05) is 0 Å². The predicted molar refractivity (Wildman–Crippen MR) is 76.4 cm³/mol. The van der Waals surface area contributed by atoms with Crippen LogP contribution in [0.4, 0.5) is 0 Å². The smallest absolute Gasteiger partial charge is 0.243 e. The number of rotatable bonds is 6. The summed E-state index contributed by atoms with van der Waals surface area (Å²) in [5.74, 6) is 0.0252. The number of Topliss-reactive ketones (excluding diaryl/α,β-unsaturated/α-hetero) is 1. The van der Waals surface area contributed by atoms with Crippen molar-refractivity contribution in [2.24, 2.45) is 7.05 Å². The second kappa shape index (κ2) is 5.86. The number of sulfonamides is 1. The van der Waals surface area contributed by atoms with Gasteiger partial charge in [-0.25, -0.2) is 13.1 Å². The highest BCUT2D eigenvalue weighted by Crippen LogP contribution is 2.17. The number of aromatic nitrogens is 2. The fourth-order valence-corrected chi connectivity index (χ4v) is 3.55. The fraction of sp³-hybridized carbons (Fsp3) is 0.333. The number of carbonyl (C=O) groups is 1. The van der Waals surface area contributed by atoms with Gasteiger partial charge in [-0.15, -0.1) is 11.3 Å². The monoisotopic (exact) mass is 313 g/mol. The Bertz CT molecular complexity index is 716. The fourth-order valence-electron chi connectivity index (χ4n) is 1.63. The molecule has 0 amide bonds. The van der Waals surface area contributed by atoms with E-state index in [9.17, 15) is 13.2 Å². The second-order valence-electron chi connectivity index (χ2n) is 4.32. The minimum atomic E-state index is -3.51. The average Bonchev–Trinajstić information content (AvgIpc) is 2.98. The van der Waals surface area contributed by atoms with Gasteiger partial charge < -0.3 is 0 Å². The minimum absolute atomic E-state index is 0.0252. The summed E-state index contributed by atoms with van der Waals surface area (Å²) >= 11 is 1.39. The van der Waals surface area contributed by atoms with Gasteiger partial charge in [-0.3, -0.25) is 9.48 Å². The highest BCUT2D eigenvalue weighted by atomic mass is 32.2. The van der Waals surface area contributed by atoms with Gasteiger partial charge in [-0.2, -0.15) is 5.10 Å². The van der Waals surface area contributed by atoms with Crippen molar-refractivity contribution in [3.63, 3.8) is 0 Å². The van der Waals surface area contributed by atoms with Crippen LogP contribution in [-0.2, 0) is 23.5 Å². The highest BCUT2D eigenvalue weighted by molar-refractivity contribution is 7.89. The van der Waals surface area contributed by atoms with Crippen LogP contribution in [0.15, 0.2) is 29.4 Å². The molecule has 20 heavy (non-hydrogen) atoms. The van der Waals surface area contributed by atoms with Gasteiger partial charge in [0.25, 0.3) is 0 Å². The number of hydrogen-bond donors (Lipinski definition) is 1.